The smallest absolute Gasteiger partial charge is 0.271 e. The number of hydrazone groups is 1. The van der Waals surface area contributed by atoms with Crippen molar-refractivity contribution in [3.63, 3.8) is 0 Å². The van der Waals surface area contributed by atoms with Crippen molar-refractivity contribution in [2.45, 2.75) is 0 Å². The molecule has 0 bridgehead atoms. The topological polar surface area (TPSA) is 50.7 Å². The molecule has 0 radical (unpaired) electrons. The zero-order valence-corrected chi connectivity index (χ0v) is 13.0. The van der Waals surface area contributed by atoms with Gasteiger partial charge in [-0.2, -0.15) is 5.10 Å². The number of benzene rings is 2. The van der Waals surface area contributed by atoms with Crippen LogP contribution in [-0.2, 0) is 0 Å². The zero-order valence-electron chi connectivity index (χ0n) is 10.8. The van der Waals surface area contributed by atoms with Gasteiger partial charge in [-0.1, -0.05) is 30.3 Å². The van der Waals surface area contributed by atoms with Crippen LogP contribution < -0.4 is 10.2 Å². The van der Waals surface area contributed by atoms with Gasteiger partial charge in [0.25, 0.3) is 5.91 Å². The number of carbonyl (C=O) groups is 1. The van der Waals surface area contributed by atoms with Crippen LogP contribution in [0.25, 0.3) is 0 Å². The number of ether oxygens (including phenoxy) is 1. The zero-order chi connectivity index (χ0) is 14.4. The molecule has 1 N–H and O–H groups in total. The third-order valence-corrected chi connectivity index (χ3v) is 3.48. The maximum absolute atomic E-state index is 11.9. The summed E-state index contributed by atoms with van der Waals surface area (Å²) >= 11 is 2.15. The number of hydrogen-bond acceptors (Lipinski definition) is 3. The van der Waals surface area contributed by atoms with Crippen LogP contribution >= 0.6 is 22.6 Å². The number of rotatable bonds is 4. The summed E-state index contributed by atoms with van der Waals surface area (Å²) in [5.74, 6) is 0.400. The van der Waals surface area contributed by atoms with Gasteiger partial charge in [0.2, 0.25) is 0 Å². The lowest BCUT2D eigenvalue weighted by Crippen LogP contribution is -2.17. The van der Waals surface area contributed by atoms with Crippen LogP contribution in [0.15, 0.2) is 53.6 Å². The largest absolute Gasteiger partial charge is 0.496 e. The van der Waals surface area contributed by atoms with Crippen LogP contribution in [0.2, 0.25) is 0 Å². The van der Waals surface area contributed by atoms with Crippen LogP contribution in [0, 0.1) is 3.57 Å². The number of nitrogens with zero attached hydrogens (tertiary/aromatic N) is 1. The van der Waals surface area contributed by atoms with E-state index in [9.17, 15) is 4.79 Å². The molecule has 20 heavy (non-hydrogen) atoms. The number of hydrogen-bond donors (Lipinski definition) is 1. The highest BCUT2D eigenvalue weighted by molar-refractivity contribution is 14.1. The molecule has 0 aliphatic heterocycles. The summed E-state index contributed by atoms with van der Waals surface area (Å²) in [6.45, 7) is 0. The normalized spacial score (nSPS) is 10.5. The Morgan fingerprint density at radius 3 is 2.70 bits per heavy atom. The second-order valence-electron chi connectivity index (χ2n) is 3.96. The Labute approximate surface area is 131 Å². The van der Waals surface area contributed by atoms with Gasteiger partial charge in [-0.05, 0) is 46.4 Å². The number of amides is 1. The first kappa shape index (κ1) is 14.5. The molecule has 0 atom stereocenters. The molecule has 2 rings (SSSR count). The maximum atomic E-state index is 11.9. The third-order valence-electron chi connectivity index (χ3n) is 2.59. The lowest BCUT2D eigenvalue weighted by molar-refractivity contribution is 0.0955. The fraction of sp³-hybridized carbons (Fsp3) is 0.0667. The molecule has 1 amide bonds. The van der Waals surface area contributed by atoms with E-state index in [2.05, 4.69) is 33.1 Å². The van der Waals surface area contributed by atoms with Crippen molar-refractivity contribution in [1.29, 1.82) is 0 Å². The van der Waals surface area contributed by atoms with E-state index in [0.29, 0.717) is 11.3 Å². The molecule has 0 saturated carbocycles. The van der Waals surface area contributed by atoms with E-state index in [1.165, 1.54) is 0 Å². The first-order valence-electron chi connectivity index (χ1n) is 5.92. The quantitative estimate of drug-likeness (QED) is 0.504. The van der Waals surface area contributed by atoms with E-state index >= 15 is 0 Å². The van der Waals surface area contributed by atoms with Crippen molar-refractivity contribution in [2.75, 3.05) is 7.11 Å². The van der Waals surface area contributed by atoms with Crippen LogP contribution in [-0.4, -0.2) is 19.2 Å². The predicted octanol–water partition coefficient (Wildman–Crippen LogP) is 3.06. The lowest BCUT2D eigenvalue weighted by atomic mass is 10.2. The highest BCUT2D eigenvalue weighted by atomic mass is 127. The second-order valence-corrected chi connectivity index (χ2v) is 5.12. The number of methoxy groups -OCH3 is 1. The summed E-state index contributed by atoms with van der Waals surface area (Å²) in [6.07, 6.45) is 1.60. The van der Waals surface area contributed by atoms with Gasteiger partial charge in [-0.25, -0.2) is 5.43 Å². The van der Waals surface area contributed by atoms with E-state index < -0.39 is 0 Å². The van der Waals surface area contributed by atoms with Crippen LogP contribution in [0.1, 0.15) is 15.9 Å². The minimum atomic E-state index is -0.271. The molecule has 5 heteroatoms. The molecular formula is C15H13IN2O2. The molecule has 0 aliphatic carbocycles. The van der Waals surface area contributed by atoms with Crippen LogP contribution in [0.4, 0.5) is 0 Å². The molecule has 2 aromatic rings. The van der Waals surface area contributed by atoms with E-state index in [0.717, 1.165) is 9.13 Å². The van der Waals surface area contributed by atoms with Crippen LogP contribution in [0.3, 0.4) is 0 Å². The molecule has 0 aliphatic rings. The lowest BCUT2D eigenvalue weighted by Gasteiger charge is -2.05. The van der Waals surface area contributed by atoms with Gasteiger partial charge in [0.1, 0.15) is 5.75 Å². The van der Waals surface area contributed by atoms with Gasteiger partial charge in [0, 0.05) is 5.56 Å². The summed E-state index contributed by atoms with van der Waals surface area (Å²) in [5, 5.41) is 3.93. The summed E-state index contributed by atoms with van der Waals surface area (Å²) in [5.41, 5.74) is 3.92. The Kier molecular flexibility index (Phi) is 5.11. The standard InChI is InChI=1S/C15H13IN2O2/c1-20-14-9-12(7-8-13(14)16)15(19)18-17-10-11-5-3-2-4-6-11/h2-10H,1H3,(H,18,19)/b17-10-. The molecular weight excluding hydrogens is 367 g/mol. The number of nitrogens with one attached hydrogen (secondary N) is 1. The summed E-state index contributed by atoms with van der Waals surface area (Å²) < 4.78 is 6.14. The predicted molar refractivity (Wildman–Crippen MR) is 87.2 cm³/mol. The fourth-order valence-electron chi connectivity index (χ4n) is 1.57. The molecule has 4 nitrogen and oxygen atoms in total. The monoisotopic (exact) mass is 380 g/mol. The van der Waals surface area contributed by atoms with E-state index in [-0.39, 0.29) is 5.91 Å². The Morgan fingerprint density at radius 1 is 1.25 bits per heavy atom. The van der Waals surface area contributed by atoms with Gasteiger partial charge in [0.15, 0.2) is 0 Å². The highest BCUT2D eigenvalue weighted by Crippen LogP contribution is 2.21. The van der Waals surface area contributed by atoms with Gasteiger partial charge in [-0.3, -0.25) is 4.79 Å². The van der Waals surface area contributed by atoms with Gasteiger partial charge >= 0.3 is 0 Å². The fourth-order valence-corrected chi connectivity index (χ4v) is 2.13. The van der Waals surface area contributed by atoms with Crippen molar-refractivity contribution in [3.8, 4) is 5.75 Å². The molecule has 0 fully saturated rings. The number of carbonyl (C=O) groups excluding carboxylic acids is 1. The van der Waals surface area contributed by atoms with Gasteiger partial charge in [0.05, 0.1) is 16.9 Å². The van der Waals surface area contributed by atoms with Crippen molar-refractivity contribution in [3.05, 3.63) is 63.2 Å². The molecule has 0 aromatic heterocycles. The molecule has 0 heterocycles. The van der Waals surface area contributed by atoms with Crippen molar-refractivity contribution >= 4 is 34.7 Å². The molecule has 2 aromatic carbocycles. The minimum Gasteiger partial charge on any atom is -0.496 e. The second kappa shape index (κ2) is 7.04. The SMILES string of the molecule is COc1cc(C(=O)N/N=C\c2ccccc2)ccc1I. The van der Waals surface area contributed by atoms with Crippen molar-refractivity contribution < 1.29 is 9.53 Å². The molecule has 0 spiro atoms. The van der Waals surface area contributed by atoms with E-state index in [1.807, 2.05) is 36.4 Å². The van der Waals surface area contributed by atoms with Crippen LogP contribution in [0.5, 0.6) is 5.75 Å². The molecule has 102 valence electrons. The van der Waals surface area contributed by atoms with E-state index in [1.54, 1.807) is 25.5 Å². The molecule has 0 unspecified atom stereocenters. The first-order chi connectivity index (χ1) is 9.70. The summed E-state index contributed by atoms with van der Waals surface area (Å²) in [7, 11) is 1.58. The molecule has 0 saturated heterocycles. The van der Waals surface area contributed by atoms with Gasteiger partial charge in [-0.15, -0.1) is 0 Å². The highest BCUT2D eigenvalue weighted by Gasteiger charge is 2.07. The van der Waals surface area contributed by atoms with Crippen molar-refractivity contribution in [1.82, 2.24) is 5.43 Å². The Morgan fingerprint density at radius 2 is 2.00 bits per heavy atom. The van der Waals surface area contributed by atoms with Crippen molar-refractivity contribution in [2.24, 2.45) is 5.10 Å². The van der Waals surface area contributed by atoms with E-state index in [4.69, 9.17) is 4.74 Å². The average Bonchev–Trinajstić information content (AvgIpc) is 2.48. The Bertz CT molecular complexity index is 627. The maximum Gasteiger partial charge on any atom is 0.271 e. The van der Waals surface area contributed by atoms with Gasteiger partial charge < -0.3 is 4.74 Å². The average molecular weight is 380 g/mol. The number of halogens is 1. The summed E-state index contributed by atoms with van der Waals surface area (Å²) in [4.78, 5) is 11.9. The Hall–Kier alpha value is -1.89. The summed E-state index contributed by atoms with van der Waals surface area (Å²) in [6, 6.07) is 14.8. The first-order valence-corrected chi connectivity index (χ1v) is 7.00. The minimum absolute atomic E-state index is 0.271. The Balaban J connectivity index is 2.04. The third kappa shape index (κ3) is 3.80.